The monoisotopic (exact) mass is 240 g/mol. The van der Waals surface area contributed by atoms with Crippen molar-refractivity contribution in [3.05, 3.63) is 17.4 Å². The van der Waals surface area contributed by atoms with Gasteiger partial charge in [0.25, 0.3) is 0 Å². The largest absolute Gasteiger partial charge is 0.337 e. The maximum atomic E-state index is 5.80. The molecule has 1 aliphatic rings. The summed E-state index contributed by atoms with van der Waals surface area (Å²) in [6, 6.07) is 0.515. The van der Waals surface area contributed by atoms with Gasteiger partial charge in [0, 0.05) is 19.1 Å². The fourth-order valence-corrected chi connectivity index (χ4v) is 2.14. The molecule has 1 atom stereocenters. The lowest BCUT2D eigenvalue weighted by molar-refractivity contribution is 0.609. The first-order valence-corrected chi connectivity index (χ1v) is 6.14. The maximum absolute atomic E-state index is 5.80. The number of halogens is 1. The predicted molar refractivity (Wildman–Crippen MR) is 66.0 cm³/mol. The van der Waals surface area contributed by atoms with E-state index in [1.54, 1.807) is 12.4 Å². The molecule has 1 aliphatic heterocycles. The molecule has 1 fully saturated rings. The van der Waals surface area contributed by atoms with Crippen LogP contribution in [0.3, 0.4) is 0 Å². The van der Waals surface area contributed by atoms with Gasteiger partial charge in [-0.25, -0.2) is 9.97 Å². The molecule has 0 saturated carbocycles. The zero-order valence-electron chi connectivity index (χ0n) is 9.49. The molecule has 0 amide bonds. The van der Waals surface area contributed by atoms with Gasteiger partial charge in [0.2, 0.25) is 5.95 Å². The van der Waals surface area contributed by atoms with Crippen LogP contribution in [0.1, 0.15) is 19.8 Å². The van der Waals surface area contributed by atoms with Crippen molar-refractivity contribution in [2.45, 2.75) is 25.8 Å². The molecule has 4 nitrogen and oxygen atoms in total. The van der Waals surface area contributed by atoms with Gasteiger partial charge in [0.15, 0.2) is 0 Å². The van der Waals surface area contributed by atoms with E-state index < -0.39 is 0 Å². The number of hydrogen-bond donors (Lipinski definition) is 1. The van der Waals surface area contributed by atoms with Crippen LogP contribution in [-0.4, -0.2) is 35.6 Å². The minimum atomic E-state index is 0.515. The van der Waals surface area contributed by atoms with Crippen molar-refractivity contribution in [3.63, 3.8) is 0 Å². The van der Waals surface area contributed by atoms with Gasteiger partial charge in [-0.2, -0.15) is 0 Å². The third-order valence-corrected chi connectivity index (χ3v) is 3.00. The number of nitrogens with zero attached hydrogens (tertiary/aromatic N) is 3. The van der Waals surface area contributed by atoms with Crippen molar-refractivity contribution in [1.82, 2.24) is 15.3 Å². The Bertz CT molecular complexity index is 321. The summed E-state index contributed by atoms with van der Waals surface area (Å²) in [5.41, 5.74) is 0. The molecular formula is C11H17ClN4. The number of anilines is 1. The smallest absolute Gasteiger partial charge is 0.225 e. The first kappa shape index (κ1) is 11.6. The molecular weight excluding hydrogens is 224 g/mol. The summed E-state index contributed by atoms with van der Waals surface area (Å²) >= 11 is 5.80. The molecule has 2 heterocycles. The molecule has 0 spiro atoms. The van der Waals surface area contributed by atoms with Crippen LogP contribution < -0.4 is 10.2 Å². The van der Waals surface area contributed by atoms with Crippen molar-refractivity contribution in [2.75, 3.05) is 24.5 Å². The van der Waals surface area contributed by atoms with Gasteiger partial charge in [-0.1, -0.05) is 18.5 Å². The SMILES string of the molecule is CCCN(c1ncc(Cl)cn1)C1CCNC1. The Balaban J connectivity index is 2.14. The lowest BCUT2D eigenvalue weighted by Crippen LogP contribution is -2.38. The molecule has 1 aromatic heterocycles. The summed E-state index contributed by atoms with van der Waals surface area (Å²) in [4.78, 5) is 10.9. The molecule has 2 rings (SSSR count). The summed E-state index contributed by atoms with van der Waals surface area (Å²) in [6.07, 6.45) is 5.58. The topological polar surface area (TPSA) is 41.1 Å². The summed E-state index contributed by atoms with van der Waals surface area (Å²) < 4.78 is 0. The van der Waals surface area contributed by atoms with Crippen molar-refractivity contribution in [2.24, 2.45) is 0 Å². The Kier molecular flexibility index (Phi) is 3.96. The van der Waals surface area contributed by atoms with E-state index in [1.165, 1.54) is 0 Å². The Morgan fingerprint density at radius 2 is 2.25 bits per heavy atom. The molecule has 0 aliphatic carbocycles. The Morgan fingerprint density at radius 3 is 2.81 bits per heavy atom. The van der Waals surface area contributed by atoms with E-state index in [9.17, 15) is 0 Å². The molecule has 0 aromatic carbocycles. The molecule has 0 bridgehead atoms. The summed E-state index contributed by atoms with van der Waals surface area (Å²) in [5.74, 6) is 0.792. The highest BCUT2D eigenvalue weighted by atomic mass is 35.5. The first-order valence-electron chi connectivity index (χ1n) is 5.76. The summed E-state index contributed by atoms with van der Waals surface area (Å²) in [7, 11) is 0. The third kappa shape index (κ3) is 2.62. The molecule has 1 saturated heterocycles. The molecule has 1 aromatic rings. The van der Waals surface area contributed by atoms with Crippen LogP contribution in [0.5, 0.6) is 0 Å². The number of hydrogen-bond acceptors (Lipinski definition) is 4. The van der Waals surface area contributed by atoms with E-state index >= 15 is 0 Å². The fourth-order valence-electron chi connectivity index (χ4n) is 2.05. The second-order valence-corrected chi connectivity index (χ2v) is 4.48. The number of rotatable bonds is 4. The van der Waals surface area contributed by atoms with Crippen LogP contribution in [0.25, 0.3) is 0 Å². The normalized spacial score (nSPS) is 20.0. The standard InChI is InChI=1S/C11H17ClN4/c1-2-5-16(10-3-4-13-8-10)11-14-6-9(12)7-15-11/h6-7,10,13H,2-5,8H2,1H3. The van der Waals surface area contributed by atoms with E-state index in [0.29, 0.717) is 11.1 Å². The van der Waals surface area contributed by atoms with Gasteiger partial charge in [0.1, 0.15) is 0 Å². The lowest BCUT2D eigenvalue weighted by Gasteiger charge is -2.27. The Labute approximate surface area is 101 Å². The molecule has 0 radical (unpaired) electrons. The highest BCUT2D eigenvalue weighted by molar-refractivity contribution is 6.30. The molecule has 88 valence electrons. The van der Waals surface area contributed by atoms with E-state index in [0.717, 1.165) is 38.4 Å². The van der Waals surface area contributed by atoms with Crippen LogP contribution in [0.15, 0.2) is 12.4 Å². The first-order chi connectivity index (χ1) is 7.81. The maximum Gasteiger partial charge on any atom is 0.225 e. The Hall–Kier alpha value is -0.870. The van der Waals surface area contributed by atoms with Gasteiger partial charge >= 0.3 is 0 Å². The second-order valence-electron chi connectivity index (χ2n) is 4.04. The van der Waals surface area contributed by atoms with Crippen molar-refractivity contribution in [1.29, 1.82) is 0 Å². The van der Waals surface area contributed by atoms with Gasteiger partial charge < -0.3 is 10.2 Å². The van der Waals surface area contributed by atoms with E-state index in [-0.39, 0.29) is 0 Å². The van der Waals surface area contributed by atoms with Crippen LogP contribution in [0.2, 0.25) is 5.02 Å². The molecule has 1 N–H and O–H groups in total. The fraction of sp³-hybridized carbons (Fsp3) is 0.636. The van der Waals surface area contributed by atoms with E-state index in [1.807, 2.05) is 0 Å². The van der Waals surface area contributed by atoms with Gasteiger partial charge in [-0.15, -0.1) is 0 Å². The summed E-state index contributed by atoms with van der Waals surface area (Å²) in [5, 5.41) is 3.96. The quantitative estimate of drug-likeness (QED) is 0.870. The van der Waals surface area contributed by atoms with Crippen molar-refractivity contribution >= 4 is 17.5 Å². The molecule has 5 heteroatoms. The van der Waals surface area contributed by atoms with Crippen molar-refractivity contribution < 1.29 is 0 Å². The highest BCUT2D eigenvalue weighted by Gasteiger charge is 2.23. The second kappa shape index (κ2) is 5.46. The van der Waals surface area contributed by atoms with Crippen LogP contribution in [0.4, 0.5) is 5.95 Å². The molecule has 1 unspecified atom stereocenters. The Morgan fingerprint density at radius 1 is 1.50 bits per heavy atom. The van der Waals surface area contributed by atoms with Crippen LogP contribution in [-0.2, 0) is 0 Å². The van der Waals surface area contributed by atoms with Gasteiger partial charge in [0.05, 0.1) is 17.4 Å². The van der Waals surface area contributed by atoms with Gasteiger partial charge in [-0.3, -0.25) is 0 Å². The lowest BCUT2D eigenvalue weighted by atomic mass is 10.2. The highest BCUT2D eigenvalue weighted by Crippen LogP contribution is 2.17. The number of nitrogens with one attached hydrogen (secondary N) is 1. The van der Waals surface area contributed by atoms with Crippen LogP contribution >= 0.6 is 11.6 Å². The third-order valence-electron chi connectivity index (χ3n) is 2.80. The average Bonchev–Trinajstić information content (AvgIpc) is 2.81. The summed E-state index contributed by atoms with van der Waals surface area (Å²) in [6.45, 7) is 5.27. The van der Waals surface area contributed by atoms with E-state index in [2.05, 4.69) is 27.1 Å². The molecule has 16 heavy (non-hydrogen) atoms. The minimum Gasteiger partial charge on any atom is -0.337 e. The number of aromatic nitrogens is 2. The van der Waals surface area contributed by atoms with Gasteiger partial charge in [-0.05, 0) is 19.4 Å². The average molecular weight is 241 g/mol. The zero-order chi connectivity index (χ0) is 11.4. The predicted octanol–water partition coefficient (Wildman–Crippen LogP) is 1.71. The van der Waals surface area contributed by atoms with E-state index in [4.69, 9.17) is 11.6 Å². The van der Waals surface area contributed by atoms with Crippen molar-refractivity contribution in [3.8, 4) is 0 Å². The minimum absolute atomic E-state index is 0.515. The zero-order valence-corrected chi connectivity index (χ0v) is 10.2. The van der Waals surface area contributed by atoms with Crippen LogP contribution in [0, 0.1) is 0 Å².